The molecule has 0 radical (unpaired) electrons. The molecule has 0 spiro atoms. The van der Waals surface area contributed by atoms with Crippen molar-refractivity contribution >= 4 is 124 Å². The topological polar surface area (TPSA) is 52.9 Å². The second-order valence-corrected chi connectivity index (χ2v) is 19.4. The first-order valence-electron chi connectivity index (χ1n) is 23.1. The molecule has 0 aliphatic carbocycles. The van der Waals surface area contributed by atoms with Crippen LogP contribution in [0.1, 0.15) is 0 Å². The minimum absolute atomic E-state index is 0.625. The van der Waals surface area contributed by atoms with Crippen molar-refractivity contribution in [3.8, 4) is 45.5 Å². The van der Waals surface area contributed by atoms with Crippen LogP contribution in [-0.2, 0) is 0 Å². The Morgan fingerprint density at radius 1 is 0.324 bits per heavy atom. The molecular weight excluding hydrogens is 849 g/mol. The summed E-state index contributed by atoms with van der Waals surface area (Å²) < 4.78 is 10.1. The van der Waals surface area contributed by atoms with Crippen LogP contribution in [0.15, 0.2) is 194 Å². The standard InChI is InChI=1S/C61H32N6S/c1-3-12-33(13-4-1)59-62-60(34-22-23-39-38-18-9-10-21-45(38)65(49(39)32-34)35-14-5-2-6-15-35)64-61(63-59)44-25-27-46(37-17-8-7-16-36(37)44)66-47-29-31-50-54-52(47)53-48(66)28-24-42-40-19-11-20-41-43-26-30-51(68-50)55(54)58(43)67(56(40)41)57(42)53/h1-32H. The summed E-state index contributed by atoms with van der Waals surface area (Å²) in [7, 11) is 0. The Balaban J connectivity index is 0.922. The normalized spacial score (nSPS) is 12.7. The van der Waals surface area contributed by atoms with Crippen LogP contribution in [0.25, 0.3) is 158 Å². The zero-order chi connectivity index (χ0) is 43.9. The lowest BCUT2D eigenvalue weighted by molar-refractivity contribution is 1.08. The van der Waals surface area contributed by atoms with Crippen molar-refractivity contribution in [3.05, 3.63) is 194 Å². The van der Waals surface area contributed by atoms with Crippen molar-refractivity contribution in [2.24, 2.45) is 0 Å². The molecule has 6 nitrogen and oxygen atoms in total. The molecule has 0 N–H and O–H groups in total. The Hall–Kier alpha value is -8.91. The molecule has 0 amide bonds. The second kappa shape index (κ2) is 12.5. The molecule has 0 aliphatic heterocycles. The molecule has 7 heterocycles. The molecule has 17 rings (SSSR count). The number of fused-ring (bicyclic) bond motifs is 6. The third-order valence-corrected chi connectivity index (χ3v) is 16.0. The Bertz CT molecular complexity index is 4900. The molecule has 10 aromatic carbocycles. The van der Waals surface area contributed by atoms with Crippen molar-refractivity contribution in [1.29, 1.82) is 0 Å². The Morgan fingerprint density at radius 2 is 0.912 bits per heavy atom. The maximum atomic E-state index is 5.39. The van der Waals surface area contributed by atoms with Gasteiger partial charge in [0.1, 0.15) is 0 Å². The van der Waals surface area contributed by atoms with E-state index in [2.05, 4.69) is 189 Å². The van der Waals surface area contributed by atoms with Gasteiger partial charge in [-0.3, -0.25) is 0 Å². The van der Waals surface area contributed by atoms with Gasteiger partial charge in [0.15, 0.2) is 17.5 Å². The molecule has 0 unspecified atom stereocenters. The Morgan fingerprint density at radius 3 is 1.75 bits per heavy atom. The van der Waals surface area contributed by atoms with Crippen LogP contribution in [0.3, 0.4) is 0 Å². The van der Waals surface area contributed by atoms with E-state index >= 15 is 0 Å². The van der Waals surface area contributed by atoms with Crippen molar-refractivity contribution in [2.75, 3.05) is 0 Å². The average molecular weight is 881 g/mol. The summed E-state index contributed by atoms with van der Waals surface area (Å²) in [5.41, 5.74) is 13.7. The molecule has 312 valence electrons. The number of aromatic nitrogens is 6. The van der Waals surface area contributed by atoms with Gasteiger partial charge in [0, 0.05) is 91.0 Å². The van der Waals surface area contributed by atoms with Gasteiger partial charge in [-0.25, -0.2) is 15.0 Å². The van der Waals surface area contributed by atoms with Crippen LogP contribution in [0.5, 0.6) is 0 Å². The van der Waals surface area contributed by atoms with E-state index in [1.807, 2.05) is 29.5 Å². The molecule has 7 aromatic heterocycles. The summed E-state index contributed by atoms with van der Waals surface area (Å²) in [5.74, 6) is 1.89. The van der Waals surface area contributed by atoms with Crippen LogP contribution in [0.2, 0.25) is 0 Å². The largest absolute Gasteiger partial charge is 0.309 e. The molecule has 0 saturated carbocycles. The lowest BCUT2D eigenvalue weighted by Gasteiger charge is -2.15. The number of rotatable bonds is 5. The molecule has 0 bridgehead atoms. The van der Waals surface area contributed by atoms with E-state index in [0.717, 1.165) is 49.9 Å². The molecule has 0 aliphatic rings. The smallest absolute Gasteiger partial charge is 0.164 e. The third kappa shape index (κ3) is 4.31. The monoisotopic (exact) mass is 880 g/mol. The SMILES string of the molecule is c1ccc(-c2nc(-c3ccc4c5ccccc5n(-c5ccccc5)c4c3)nc(-c3ccc(-n4c5ccc6sc7ccc8c9cccc%10c%11ccc4c4c5c6c7c8n(c9%10)c%114)c4ccccc34)n2)cc1. The van der Waals surface area contributed by atoms with E-state index in [0.29, 0.717) is 17.5 Å². The van der Waals surface area contributed by atoms with Gasteiger partial charge in [0.25, 0.3) is 0 Å². The van der Waals surface area contributed by atoms with Gasteiger partial charge >= 0.3 is 0 Å². The number of thiophene rings is 1. The van der Waals surface area contributed by atoms with Crippen molar-refractivity contribution in [2.45, 2.75) is 0 Å². The fraction of sp³-hybridized carbons (Fsp3) is 0. The van der Waals surface area contributed by atoms with Crippen molar-refractivity contribution in [3.63, 3.8) is 0 Å². The summed E-state index contributed by atoms with van der Waals surface area (Å²) >= 11 is 1.91. The fourth-order valence-corrected chi connectivity index (χ4v) is 13.3. The highest BCUT2D eigenvalue weighted by Crippen LogP contribution is 2.53. The lowest BCUT2D eigenvalue weighted by atomic mass is 10.0. The van der Waals surface area contributed by atoms with Gasteiger partial charge in [-0.1, -0.05) is 133 Å². The van der Waals surface area contributed by atoms with Gasteiger partial charge in [0.05, 0.1) is 44.3 Å². The molecule has 7 heteroatoms. The summed E-state index contributed by atoms with van der Waals surface area (Å²) in [6, 6.07) is 70.4. The second-order valence-electron chi connectivity index (χ2n) is 18.3. The summed E-state index contributed by atoms with van der Waals surface area (Å²) in [5, 5.41) is 15.3. The van der Waals surface area contributed by atoms with Crippen LogP contribution in [0.4, 0.5) is 0 Å². The van der Waals surface area contributed by atoms with Crippen LogP contribution in [-0.4, -0.2) is 28.5 Å². The zero-order valence-electron chi connectivity index (χ0n) is 36.1. The Kier molecular flexibility index (Phi) is 6.50. The number of nitrogens with zero attached hydrogens (tertiary/aromatic N) is 6. The Labute approximate surface area is 390 Å². The minimum atomic E-state index is 0.625. The number of hydrogen-bond donors (Lipinski definition) is 0. The number of para-hydroxylation sites is 3. The predicted octanol–water partition coefficient (Wildman–Crippen LogP) is 16.1. The van der Waals surface area contributed by atoms with E-state index in [-0.39, 0.29) is 0 Å². The predicted molar refractivity (Wildman–Crippen MR) is 283 cm³/mol. The maximum Gasteiger partial charge on any atom is 0.164 e. The highest BCUT2D eigenvalue weighted by molar-refractivity contribution is 7.26. The van der Waals surface area contributed by atoms with E-state index in [4.69, 9.17) is 15.0 Å². The summed E-state index contributed by atoms with van der Waals surface area (Å²) in [4.78, 5) is 15.9. The van der Waals surface area contributed by atoms with E-state index in [1.165, 1.54) is 90.8 Å². The van der Waals surface area contributed by atoms with Crippen molar-refractivity contribution in [1.82, 2.24) is 28.5 Å². The minimum Gasteiger partial charge on any atom is -0.309 e. The molecular formula is C61H32N6S. The van der Waals surface area contributed by atoms with Gasteiger partial charge in [-0.2, -0.15) is 0 Å². The molecule has 0 saturated heterocycles. The maximum absolute atomic E-state index is 5.39. The van der Waals surface area contributed by atoms with Gasteiger partial charge in [-0.15, -0.1) is 11.3 Å². The average Bonchev–Trinajstić information content (AvgIpc) is 4.18. The summed E-state index contributed by atoms with van der Waals surface area (Å²) in [6.07, 6.45) is 0. The van der Waals surface area contributed by atoms with Crippen LogP contribution >= 0.6 is 11.3 Å². The first-order valence-corrected chi connectivity index (χ1v) is 23.9. The first kappa shape index (κ1) is 35.4. The van der Waals surface area contributed by atoms with E-state index in [1.54, 1.807) is 0 Å². The van der Waals surface area contributed by atoms with Crippen LogP contribution in [0, 0.1) is 0 Å². The van der Waals surface area contributed by atoms with Gasteiger partial charge in [0.2, 0.25) is 0 Å². The lowest BCUT2D eigenvalue weighted by Crippen LogP contribution is -2.02. The van der Waals surface area contributed by atoms with Crippen molar-refractivity contribution < 1.29 is 0 Å². The van der Waals surface area contributed by atoms with Gasteiger partial charge in [-0.05, 0) is 66.0 Å². The van der Waals surface area contributed by atoms with Gasteiger partial charge < -0.3 is 13.5 Å². The highest BCUT2D eigenvalue weighted by Gasteiger charge is 2.29. The number of benzene rings is 10. The molecule has 17 aromatic rings. The molecule has 0 fully saturated rings. The van der Waals surface area contributed by atoms with E-state index < -0.39 is 0 Å². The van der Waals surface area contributed by atoms with E-state index in [9.17, 15) is 0 Å². The highest BCUT2D eigenvalue weighted by atomic mass is 32.1. The van der Waals surface area contributed by atoms with Crippen LogP contribution < -0.4 is 0 Å². The fourth-order valence-electron chi connectivity index (χ4n) is 12.2. The first-order chi connectivity index (χ1) is 33.7. The quantitative estimate of drug-likeness (QED) is 0.173. The third-order valence-electron chi connectivity index (χ3n) is 14.9. The zero-order valence-corrected chi connectivity index (χ0v) is 36.9. The number of hydrogen-bond acceptors (Lipinski definition) is 4. The molecule has 0 atom stereocenters. The summed E-state index contributed by atoms with van der Waals surface area (Å²) in [6.45, 7) is 0. The molecule has 68 heavy (non-hydrogen) atoms.